The molecule has 2 aromatic rings. The van der Waals surface area contributed by atoms with Gasteiger partial charge in [0.15, 0.2) is 6.10 Å². The van der Waals surface area contributed by atoms with Crippen molar-refractivity contribution in [2.24, 2.45) is 5.73 Å². The van der Waals surface area contributed by atoms with E-state index < -0.39 is 18.1 Å². The van der Waals surface area contributed by atoms with E-state index in [2.05, 4.69) is 4.98 Å². The van der Waals surface area contributed by atoms with Crippen molar-refractivity contribution in [3.05, 3.63) is 23.2 Å². The van der Waals surface area contributed by atoms with E-state index in [0.717, 1.165) is 4.70 Å². The third-order valence-electron chi connectivity index (χ3n) is 2.46. The number of nitrogens with two attached hydrogens (primary N) is 1. The summed E-state index contributed by atoms with van der Waals surface area (Å²) < 4.78 is 5.86. The number of rotatable bonds is 4. The van der Waals surface area contributed by atoms with Crippen molar-refractivity contribution in [3.8, 4) is 5.75 Å². The molecule has 1 heterocycles. The van der Waals surface area contributed by atoms with E-state index in [1.165, 1.54) is 11.3 Å². The number of aliphatic hydroxyl groups excluding tert-OH is 2. The molecule has 1 amide bonds. The molecule has 2 unspecified atom stereocenters. The first kappa shape index (κ1) is 12.7. The second kappa shape index (κ2) is 4.89. The number of benzene rings is 1. The zero-order chi connectivity index (χ0) is 13.3. The van der Waals surface area contributed by atoms with Crippen LogP contribution in [-0.4, -0.2) is 34.3 Å². The number of aliphatic hydroxyl groups is 2. The van der Waals surface area contributed by atoms with Crippen LogP contribution < -0.4 is 10.5 Å². The van der Waals surface area contributed by atoms with Gasteiger partial charge in [-0.1, -0.05) is 0 Å². The lowest BCUT2D eigenvalue weighted by Crippen LogP contribution is -2.33. The largest absolute Gasteiger partial charge is 0.497 e. The fourth-order valence-corrected chi connectivity index (χ4v) is 2.48. The highest BCUT2D eigenvalue weighted by atomic mass is 32.1. The van der Waals surface area contributed by atoms with Crippen LogP contribution in [0, 0.1) is 0 Å². The Morgan fingerprint density at radius 3 is 2.83 bits per heavy atom. The Kier molecular flexibility index (Phi) is 3.46. The van der Waals surface area contributed by atoms with Crippen LogP contribution in [0.2, 0.25) is 0 Å². The van der Waals surface area contributed by atoms with Gasteiger partial charge < -0.3 is 20.7 Å². The summed E-state index contributed by atoms with van der Waals surface area (Å²) in [5, 5.41) is 19.4. The van der Waals surface area contributed by atoms with Gasteiger partial charge in [-0.05, 0) is 18.2 Å². The number of carbonyl (C=O) groups excluding carboxylic acids is 1. The molecule has 7 heteroatoms. The molecular weight excluding hydrogens is 256 g/mol. The molecule has 4 N–H and O–H groups in total. The van der Waals surface area contributed by atoms with Gasteiger partial charge in [-0.15, -0.1) is 11.3 Å². The number of amides is 1. The van der Waals surface area contributed by atoms with Crippen LogP contribution >= 0.6 is 11.3 Å². The normalized spacial score (nSPS) is 14.4. The van der Waals surface area contributed by atoms with Crippen molar-refractivity contribution in [1.82, 2.24) is 4.98 Å². The lowest BCUT2D eigenvalue weighted by Gasteiger charge is -2.11. The molecule has 96 valence electrons. The van der Waals surface area contributed by atoms with Crippen molar-refractivity contribution in [3.63, 3.8) is 0 Å². The molecule has 6 nitrogen and oxygen atoms in total. The zero-order valence-electron chi connectivity index (χ0n) is 9.53. The first-order valence-corrected chi connectivity index (χ1v) is 5.94. The first-order chi connectivity index (χ1) is 8.52. The topological polar surface area (TPSA) is 106 Å². The Morgan fingerprint density at radius 2 is 2.22 bits per heavy atom. The smallest absolute Gasteiger partial charge is 0.249 e. The SMILES string of the molecule is COc1ccc2nc(C(O)C(O)C(N)=O)sc2c1. The summed E-state index contributed by atoms with van der Waals surface area (Å²) in [4.78, 5) is 14.9. The van der Waals surface area contributed by atoms with E-state index in [-0.39, 0.29) is 5.01 Å². The molecule has 0 radical (unpaired) electrons. The number of methoxy groups -OCH3 is 1. The summed E-state index contributed by atoms with van der Waals surface area (Å²) in [6.07, 6.45) is -3.07. The van der Waals surface area contributed by atoms with Crippen LogP contribution in [0.4, 0.5) is 0 Å². The monoisotopic (exact) mass is 268 g/mol. The van der Waals surface area contributed by atoms with Gasteiger partial charge in [0.25, 0.3) is 0 Å². The van der Waals surface area contributed by atoms with Gasteiger partial charge in [-0.25, -0.2) is 4.98 Å². The number of carbonyl (C=O) groups is 1. The molecule has 0 aliphatic carbocycles. The molecule has 0 fully saturated rings. The third-order valence-corrected chi connectivity index (χ3v) is 3.54. The number of nitrogens with zero attached hydrogens (tertiary/aromatic N) is 1. The summed E-state index contributed by atoms with van der Waals surface area (Å²) in [7, 11) is 1.55. The Hall–Kier alpha value is -1.70. The van der Waals surface area contributed by atoms with E-state index in [4.69, 9.17) is 10.5 Å². The molecule has 18 heavy (non-hydrogen) atoms. The van der Waals surface area contributed by atoms with Gasteiger partial charge in [-0.3, -0.25) is 4.79 Å². The molecule has 0 spiro atoms. The maximum atomic E-state index is 10.8. The number of hydrogen-bond acceptors (Lipinski definition) is 6. The van der Waals surface area contributed by atoms with Gasteiger partial charge >= 0.3 is 0 Å². The molecule has 0 aliphatic rings. The van der Waals surface area contributed by atoms with Crippen LogP contribution in [0.5, 0.6) is 5.75 Å². The maximum Gasteiger partial charge on any atom is 0.249 e. The summed E-state index contributed by atoms with van der Waals surface area (Å²) in [6, 6.07) is 5.24. The third kappa shape index (κ3) is 2.28. The highest BCUT2D eigenvalue weighted by Gasteiger charge is 2.26. The van der Waals surface area contributed by atoms with Crippen LogP contribution in [0.15, 0.2) is 18.2 Å². The Bertz CT molecular complexity index is 583. The van der Waals surface area contributed by atoms with Crippen molar-refractivity contribution in [1.29, 1.82) is 0 Å². The summed E-state index contributed by atoms with van der Waals surface area (Å²) in [6.45, 7) is 0. The van der Waals surface area contributed by atoms with Crippen LogP contribution in [-0.2, 0) is 4.79 Å². The Balaban J connectivity index is 2.37. The fraction of sp³-hybridized carbons (Fsp3) is 0.273. The van der Waals surface area contributed by atoms with E-state index >= 15 is 0 Å². The van der Waals surface area contributed by atoms with Crippen molar-refractivity contribution in [2.45, 2.75) is 12.2 Å². The second-order valence-electron chi connectivity index (χ2n) is 3.68. The summed E-state index contributed by atoms with van der Waals surface area (Å²) >= 11 is 1.17. The highest BCUT2D eigenvalue weighted by Crippen LogP contribution is 2.30. The minimum atomic E-state index is -1.66. The predicted octanol–water partition coefficient (Wildman–Crippen LogP) is 0.184. The molecule has 1 aromatic carbocycles. The first-order valence-electron chi connectivity index (χ1n) is 5.13. The van der Waals surface area contributed by atoms with Gasteiger partial charge in [-0.2, -0.15) is 0 Å². The Labute approximate surface area is 107 Å². The quantitative estimate of drug-likeness (QED) is 0.733. The molecule has 0 saturated heterocycles. The Morgan fingerprint density at radius 1 is 1.50 bits per heavy atom. The van der Waals surface area contributed by atoms with Crippen molar-refractivity contribution >= 4 is 27.5 Å². The van der Waals surface area contributed by atoms with Crippen LogP contribution in [0.1, 0.15) is 11.1 Å². The number of aromatic nitrogens is 1. The van der Waals surface area contributed by atoms with Crippen molar-refractivity contribution in [2.75, 3.05) is 7.11 Å². The molecule has 2 rings (SSSR count). The van der Waals surface area contributed by atoms with E-state index in [1.807, 2.05) is 0 Å². The van der Waals surface area contributed by atoms with Crippen LogP contribution in [0.25, 0.3) is 10.2 Å². The molecular formula is C11H12N2O4S. The zero-order valence-corrected chi connectivity index (χ0v) is 10.3. The number of fused-ring (bicyclic) bond motifs is 1. The number of ether oxygens (including phenoxy) is 1. The van der Waals surface area contributed by atoms with Crippen molar-refractivity contribution < 1.29 is 19.7 Å². The number of hydrogen-bond donors (Lipinski definition) is 3. The lowest BCUT2D eigenvalue weighted by molar-refractivity contribution is -0.131. The van der Waals surface area contributed by atoms with Crippen LogP contribution in [0.3, 0.4) is 0 Å². The number of primary amides is 1. The molecule has 1 aromatic heterocycles. The second-order valence-corrected chi connectivity index (χ2v) is 4.74. The average molecular weight is 268 g/mol. The average Bonchev–Trinajstić information content (AvgIpc) is 2.79. The van der Waals surface area contributed by atoms with E-state index in [0.29, 0.717) is 11.3 Å². The van der Waals surface area contributed by atoms with Gasteiger partial charge in [0.05, 0.1) is 17.3 Å². The molecule has 0 aliphatic heterocycles. The lowest BCUT2D eigenvalue weighted by atomic mass is 10.2. The molecule has 0 bridgehead atoms. The van der Waals surface area contributed by atoms with E-state index in [9.17, 15) is 15.0 Å². The van der Waals surface area contributed by atoms with Gasteiger partial charge in [0.1, 0.15) is 16.9 Å². The summed E-state index contributed by atoms with van der Waals surface area (Å²) in [5.74, 6) is -0.318. The maximum absolute atomic E-state index is 10.8. The fourth-order valence-electron chi connectivity index (χ4n) is 1.47. The van der Waals surface area contributed by atoms with E-state index in [1.54, 1.807) is 25.3 Å². The predicted molar refractivity (Wildman–Crippen MR) is 66.3 cm³/mol. The minimum Gasteiger partial charge on any atom is -0.497 e. The van der Waals surface area contributed by atoms with Gasteiger partial charge in [0.2, 0.25) is 5.91 Å². The number of thiazole rings is 1. The highest BCUT2D eigenvalue weighted by molar-refractivity contribution is 7.18. The summed E-state index contributed by atoms with van der Waals surface area (Å²) in [5.41, 5.74) is 5.58. The molecule has 0 saturated carbocycles. The minimum absolute atomic E-state index is 0.240. The molecule has 2 atom stereocenters. The standard InChI is InChI=1S/C11H12N2O4S/c1-17-5-2-3-6-7(4-5)18-11(13-6)9(15)8(14)10(12)16/h2-4,8-9,14-15H,1H3,(H2,12,16). The van der Waals surface area contributed by atoms with Gasteiger partial charge in [0, 0.05) is 0 Å².